The van der Waals surface area contributed by atoms with E-state index in [0.717, 1.165) is 5.56 Å². The summed E-state index contributed by atoms with van der Waals surface area (Å²) in [4.78, 5) is 36.8. The first-order chi connectivity index (χ1) is 15.3. The number of carbonyl (C=O) groups excluding carboxylic acids is 2. The zero-order valence-corrected chi connectivity index (χ0v) is 20.6. The van der Waals surface area contributed by atoms with E-state index < -0.39 is 47.7 Å². The van der Waals surface area contributed by atoms with Crippen LogP contribution in [0.3, 0.4) is 0 Å². The molecule has 8 nitrogen and oxygen atoms in total. The summed E-state index contributed by atoms with van der Waals surface area (Å²) in [5, 5.41) is 25.8. The van der Waals surface area contributed by atoms with Gasteiger partial charge in [-0.1, -0.05) is 57.5 Å². The highest BCUT2D eigenvalue weighted by atomic mass is 16.6. The number of benzene rings is 1. The topological polar surface area (TPSA) is 125 Å². The molecule has 8 heteroatoms. The Morgan fingerprint density at radius 1 is 1.06 bits per heavy atom. The van der Waals surface area contributed by atoms with Crippen molar-refractivity contribution >= 4 is 18.0 Å². The predicted molar refractivity (Wildman–Crippen MR) is 127 cm³/mol. The number of amides is 2. The van der Waals surface area contributed by atoms with Gasteiger partial charge in [0.1, 0.15) is 11.6 Å². The van der Waals surface area contributed by atoms with Gasteiger partial charge in [-0.15, -0.1) is 0 Å². The third-order valence-electron chi connectivity index (χ3n) is 5.23. The van der Waals surface area contributed by atoms with Gasteiger partial charge in [-0.2, -0.15) is 0 Å². The number of aliphatic hydroxyl groups excluding tert-OH is 1. The third kappa shape index (κ3) is 10.7. The normalized spacial score (nSPS) is 15.3. The van der Waals surface area contributed by atoms with E-state index in [9.17, 15) is 24.6 Å². The van der Waals surface area contributed by atoms with E-state index in [0.29, 0.717) is 19.3 Å². The van der Waals surface area contributed by atoms with Gasteiger partial charge in [0.25, 0.3) is 0 Å². The molecule has 0 aliphatic rings. The minimum atomic E-state index is -1.09. The highest BCUT2D eigenvalue weighted by Gasteiger charge is 2.32. The van der Waals surface area contributed by atoms with E-state index in [4.69, 9.17) is 4.74 Å². The SMILES string of the molecule is CCC[C@H](C[C@H](O)[C@H](Cc1ccccc1)NC(=O)OC(C)(C)C)C(=O)N[C@H](C(=O)O)C(C)C. The van der Waals surface area contributed by atoms with Crippen LogP contribution in [0, 0.1) is 11.8 Å². The molecule has 2 amide bonds. The van der Waals surface area contributed by atoms with Crippen LogP contribution in [0.2, 0.25) is 0 Å². The summed E-state index contributed by atoms with van der Waals surface area (Å²) in [6.45, 7) is 10.6. The maximum Gasteiger partial charge on any atom is 0.407 e. The molecule has 33 heavy (non-hydrogen) atoms. The van der Waals surface area contributed by atoms with Crippen molar-refractivity contribution in [2.24, 2.45) is 11.8 Å². The average molecular weight is 465 g/mol. The van der Waals surface area contributed by atoms with Gasteiger partial charge < -0.3 is 25.6 Å². The Morgan fingerprint density at radius 2 is 1.67 bits per heavy atom. The van der Waals surface area contributed by atoms with Crippen molar-refractivity contribution in [1.82, 2.24) is 10.6 Å². The molecule has 4 atom stereocenters. The minimum absolute atomic E-state index is 0.0808. The number of hydrogen-bond donors (Lipinski definition) is 4. The predicted octanol–water partition coefficient (Wildman–Crippen LogP) is 3.52. The smallest absolute Gasteiger partial charge is 0.407 e. The molecular weight excluding hydrogens is 424 g/mol. The summed E-state index contributed by atoms with van der Waals surface area (Å²) in [6, 6.07) is 7.73. The summed E-state index contributed by atoms with van der Waals surface area (Å²) >= 11 is 0. The molecule has 0 heterocycles. The van der Waals surface area contributed by atoms with Gasteiger partial charge >= 0.3 is 12.1 Å². The Hall–Kier alpha value is -2.61. The number of hydrogen-bond acceptors (Lipinski definition) is 5. The number of carboxylic acid groups (broad SMARTS) is 1. The fourth-order valence-corrected chi connectivity index (χ4v) is 3.56. The zero-order chi connectivity index (χ0) is 25.2. The summed E-state index contributed by atoms with van der Waals surface area (Å²) in [6.07, 6.45) is -0.0830. The van der Waals surface area contributed by atoms with Crippen molar-refractivity contribution in [1.29, 1.82) is 0 Å². The molecular formula is C25H40N2O6. The van der Waals surface area contributed by atoms with Gasteiger partial charge in [-0.25, -0.2) is 9.59 Å². The molecule has 4 N–H and O–H groups in total. The van der Waals surface area contributed by atoms with E-state index in [1.807, 2.05) is 37.3 Å². The van der Waals surface area contributed by atoms with Crippen LogP contribution in [0.15, 0.2) is 30.3 Å². The van der Waals surface area contributed by atoms with Gasteiger partial charge in [0.2, 0.25) is 5.91 Å². The second-order valence-corrected chi connectivity index (χ2v) is 9.80. The quantitative estimate of drug-likeness (QED) is 0.375. The van der Waals surface area contributed by atoms with E-state index >= 15 is 0 Å². The number of aliphatic carboxylic acids is 1. The lowest BCUT2D eigenvalue weighted by molar-refractivity contribution is -0.144. The first-order valence-corrected chi connectivity index (χ1v) is 11.6. The van der Waals surface area contributed by atoms with Gasteiger partial charge in [-0.05, 0) is 51.5 Å². The molecule has 0 fully saturated rings. The maximum absolute atomic E-state index is 12.9. The van der Waals surface area contributed by atoms with Crippen molar-refractivity contribution < 1.29 is 29.3 Å². The molecule has 0 aliphatic heterocycles. The van der Waals surface area contributed by atoms with Gasteiger partial charge in [0.15, 0.2) is 0 Å². The monoisotopic (exact) mass is 464 g/mol. The standard InChI is InChI=1S/C25H40N2O6/c1-7-11-18(22(29)27-21(16(2)3)23(30)31)15-20(28)19(14-17-12-9-8-10-13-17)26-24(32)33-25(4,5)6/h8-10,12-13,16,18-21,28H,7,11,14-15H2,1-6H3,(H,26,32)(H,27,29)(H,30,31)/t18-,19+,20+,21+/m1/s1. The van der Waals surface area contributed by atoms with Crippen molar-refractivity contribution in [2.45, 2.75) is 91.0 Å². The average Bonchev–Trinajstić information content (AvgIpc) is 2.69. The first-order valence-electron chi connectivity index (χ1n) is 11.6. The van der Waals surface area contributed by atoms with Crippen LogP contribution in [0.5, 0.6) is 0 Å². The fourth-order valence-electron chi connectivity index (χ4n) is 3.56. The van der Waals surface area contributed by atoms with Crippen LogP contribution in [-0.2, 0) is 20.7 Å². The van der Waals surface area contributed by atoms with E-state index in [1.54, 1.807) is 34.6 Å². The fraction of sp³-hybridized carbons (Fsp3) is 0.640. The lowest BCUT2D eigenvalue weighted by Gasteiger charge is -2.29. The number of alkyl carbamates (subject to hydrolysis) is 1. The number of carboxylic acids is 1. The molecule has 1 aromatic carbocycles. The van der Waals surface area contributed by atoms with Crippen molar-refractivity contribution in [2.75, 3.05) is 0 Å². The maximum atomic E-state index is 12.9. The van der Waals surface area contributed by atoms with E-state index in [-0.39, 0.29) is 12.3 Å². The molecule has 0 aliphatic carbocycles. The Labute approximate surface area is 197 Å². The largest absolute Gasteiger partial charge is 0.480 e. The van der Waals surface area contributed by atoms with Crippen LogP contribution in [0.4, 0.5) is 4.79 Å². The number of nitrogens with one attached hydrogen (secondary N) is 2. The van der Waals surface area contributed by atoms with Crippen molar-refractivity contribution in [3.05, 3.63) is 35.9 Å². The molecule has 0 aromatic heterocycles. The van der Waals surface area contributed by atoms with E-state index in [2.05, 4.69) is 10.6 Å². The number of ether oxygens (including phenoxy) is 1. The Morgan fingerprint density at radius 3 is 2.15 bits per heavy atom. The summed E-state index contributed by atoms with van der Waals surface area (Å²) in [7, 11) is 0. The lowest BCUT2D eigenvalue weighted by atomic mass is 9.89. The van der Waals surface area contributed by atoms with Gasteiger partial charge in [-0.3, -0.25) is 4.79 Å². The Kier molecular flexibility index (Phi) is 11.4. The van der Waals surface area contributed by atoms with Crippen molar-refractivity contribution in [3.8, 4) is 0 Å². The Bertz CT molecular complexity index is 760. The molecule has 0 saturated carbocycles. The molecule has 0 unspecified atom stereocenters. The summed E-state index contributed by atoms with van der Waals surface area (Å²) in [5.74, 6) is -2.38. The Balaban J connectivity index is 3.01. The molecule has 0 saturated heterocycles. The lowest BCUT2D eigenvalue weighted by Crippen LogP contribution is -2.50. The van der Waals surface area contributed by atoms with Crippen LogP contribution in [-0.4, -0.2) is 52.0 Å². The molecule has 1 aromatic rings. The van der Waals surface area contributed by atoms with Gasteiger partial charge in [0, 0.05) is 5.92 Å². The van der Waals surface area contributed by atoms with Crippen molar-refractivity contribution in [3.63, 3.8) is 0 Å². The molecule has 1 rings (SSSR count). The minimum Gasteiger partial charge on any atom is -0.480 e. The highest BCUT2D eigenvalue weighted by Crippen LogP contribution is 2.20. The number of carbonyl (C=O) groups is 3. The number of rotatable bonds is 12. The van der Waals surface area contributed by atoms with Gasteiger partial charge in [0.05, 0.1) is 12.1 Å². The van der Waals surface area contributed by atoms with Crippen LogP contribution >= 0.6 is 0 Å². The molecule has 0 radical (unpaired) electrons. The van der Waals surface area contributed by atoms with Crippen LogP contribution < -0.4 is 10.6 Å². The second kappa shape index (κ2) is 13.2. The molecule has 0 spiro atoms. The van der Waals surface area contributed by atoms with E-state index in [1.165, 1.54) is 0 Å². The summed E-state index contributed by atoms with van der Waals surface area (Å²) in [5.41, 5.74) is 0.222. The van der Waals surface area contributed by atoms with Crippen LogP contribution in [0.25, 0.3) is 0 Å². The number of aliphatic hydroxyl groups is 1. The molecule has 0 bridgehead atoms. The third-order valence-corrected chi connectivity index (χ3v) is 5.23. The van der Waals surface area contributed by atoms with Crippen LogP contribution in [0.1, 0.15) is 66.4 Å². The second-order valence-electron chi connectivity index (χ2n) is 9.80. The first kappa shape index (κ1) is 28.4. The molecule has 186 valence electrons. The zero-order valence-electron chi connectivity index (χ0n) is 20.6. The summed E-state index contributed by atoms with van der Waals surface area (Å²) < 4.78 is 5.36. The highest BCUT2D eigenvalue weighted by molar-refractivity contribution is 5.85.